The van der Waals surface area contributed by atoms with Crippen molar-refractivity contribution in [2.45, 2.75) is 13.3 Å². The molecule has 0 radical (unpaired) electrons. The average molecular weight is 210 g/mol. The van der Waals surface area contributed by atoms with Gasteiger partial charge in [-0.25, -0.2) is 8.78 Å². The summed E-state index contributed by atoms with van der Waals surface area (Å²) in [6.45, 7) is 4.10. The molecule has 0 bridgehead atoms. The topological polar surface area (TPSA) is 21.6 Å². The standard InChI is InChI=1S/C8H10ClF2NO/c1-6(13-5-8(10)11)3-4-7(9)12-2/h3-4,8H,2,5H2,1H3/b6-3+,7-4-. The van der Waals surface area contributed by atoms with E-state index in [9.17, 15) is 8.78 Å². The first-order valence-electron chi connectivity index (χ1n) is 3.48. The molecule has 0 saturated heterocycles. The predicted octanol–water partition coefficient (Wildman–Crippen LogP) is 2.95. The van der Waals surface area contributed by atoms with Crippen LogP contribution in [-0.2, 0) is 4.74 Å². The number of aliphatic imine (C=N–C) groups is 1. The number of hydrogen-bond donors (Lipinski definition) is 0. The van der Waals surface area contributed by atoms with E-state index >= 15 is 0 Å². The number of hydrogen-bond acceptors (Lipinski definition) is 2. The molecule has 2 nitrogen and oxygen atoms in total. The fourth-order valence-corrected chi connectivity index (χ4v) is 0.544. The molecule has 0 amide bonds. The zero-order chi connectivity index (χ0) is 10.3. The highest BCUT2D eigenvalue weighted by molar-refractivity contribution is 6.29. The Kier molecular flexibility index (Phi) is 6.14. The maximum absolute atomic E-state index is 11.6. The van der Waals surface area contributed by atoms with Gasteiger partial charge in [-0.1, -0.05) is 11.6 Å². The van der Waals surface area contributed by atoms with E-state index in [1.807, 2.05) is 0 Å². The number of halogens is 3. The van der Waals surface area contributed by atoms with Crippen LogP contribution in [0.5, 0.6) is 0 Å². The summed E-state index contributed by atoms with van der Waals surface area (Å²) in [6.07, 6.45) is 0.384. The highest BCUT2D eigenvalue weighted by Crippen LogP contribution is 2.05. The van der Waals surface area contributed by atoms with Crippen molar-refractivity contribution < 1.29 is 13.5 Å². The van der Waals surface area contributed by atoms with Gasteiger partial charge in [0, 0.05) is 0 Å². The van der Waals surface area contributed by atoms with Crippen molar-refractivity contribution in [3.05, 3.63) is 23.1 Å². The summed E-state index contributed by atoms with van der Waals surface area (Å²) in [5.41, 5.74) is 0. The third kappa shape index (κ3) is 7.46. The normalized spacial score (nSPS) is 13.3. The summed E-state index contributed by atoms with van der Waals surface area (Å²) in [5, 5.41) is 0.181. The van der Waals surface area contributed by atoms with Gasteiger partial charge >= 0.3 is 0 Å². The van der Waals surface area contributed by atoms with Crippen LogP contribution in [0.15, 0.2) is 28.1 Å². The zero-order valence-corrected chi connectivity index (χ0v) is 7.89. The van der Waals surface area contributed by atoms with Gasteiger partial charge in [-0.2, -0.15) is 0 Å². The molecule has 0 aromatic heterocycles. The highest BCUT2D eigenvalue weighted by Gasteiger charge is 2.01. The second kappa shape index (κ2) is 6.60. The van der Waals surface area contributed by atoms with Crippen molar-refractivity contribution in [2.75, 3.05) is 6.61 Å². The van der Waals surface area contributed by atoms with E-state index in [-0.39, 0.29) is 5.16 Å². The van der Waals surface area contributed by atoms with Crippen LogP contribution >= 0.6 is 11.6 Å². The van der Waals surface area contributed by atoms with Crippen molar-refractivity contribution in [3.63, 3.8) is 0 Å². The van der Waals surface area contributed by atoms with E-state index < -0.39 is 13.0 Å². The van der Waals surface area contributed by atoms with Crippen LogP contribution in [0.3, 0.4) is 0 Å². The maximum Gasteiger partial charge on any atom is 0.272 e. The summed E-state index contributed by atoms with van der Waals surface area (Å²) >= 11 is 5.46. The molecule has 0 aliphatic carbocycles. The van der Waals surface area contributed by atoms with Crippen molar-refractivity contribution >= 4 is 18.3 Å². The molecule has 5 heteroatoms. The van der Waals surface area contributed by atoms with E-state index in [0.717, 1.165) is 0 Å². The first-order valence-corrected chi connectivity index (χ1v) is 3.85. The van der Waals surface area contributed by atoms with Crippen LogP contribution in [0.25, 0.3) is 0 Å². The summed E-state index contributed by atoms with van der Waals surface area (Å²) < 4.78 is 27.9. The molecule has 0 heterocycles. The summed E-state index contributed by atoms with van der Waals surface area (Å²) in [4.78, 5) is 3.38. The maximum atomic E-state index is 11.6. The van der Waals surface area contributed by atoms with E-state index in [1.54, 1.807) is 6.92 Å². The lowest BCUT2D eigenvalue weighted by Crippen LogP contribution is -2.02. The molecule has 0 aliphatic rings. The molecule has 0 aromatic rings. The molecular formula is C8H10ClF2NO. The molecule has 0 unspecified atom stereocenters. The Morgan fingerprint density at radius 2 is 2.23 bits per heavy atom. The number of nitrogens with zero attached hydrogens (tertiary/aromatic N) is 1. The quantitative estimate of drug-likeness (QED) is 0.295. The zero-order valence-electron chi connectivity index (χ0n) is 7.14. The molecule has 0 rings (SSSR count). The van der Waals surface area contributed by atoms with Gasteiger partial charge in [-0.15, -0.1) is 0 Å². The van der Waals surface area contributed by atoms with Gasteiger partial charge in [-0.05, 0) is 25.8 Å². The Bertz CT molecular complexity index is 226. The van der Waals surface area contributed by atoms with E-state index in [0.29, 0.717) is 5.76 Å². The van der Waals surface area contributed by atoms with Gasteiger partial charge < -0.3 is 4.74 Å². The average Bonchev–Trinajstić information content (AvgIpc) is 2.10. The summed E-state index contributed by atoms with van der Waals surface area (Å²) in [6, 6.07) is 0. The van der Waals surface area contributed by atoms with E-state index in [4.69, 9.17) is 11.6 Å². The minimum Gasteiger partial charge on any atom is -0.492 e. The molecule has 0 fully saturated rings. The Balaban J connectivity index is 3.95. The van der Waals surface area contributed by atoms with Crippen molar-refractivity contribution in [2.24, 2.45) is 4.99 Å². The van der Waals surface area contributed by atoms with Gasteiger partial charge in [0.2, 0.25) is 0 Å². The Morgan fingerprint density at radius 1 is 1.62 bits per heavy atom. The lowest BCUT2D eigenvalue weighted by Gasteiger charge is -2.03. The van der Waals surface area contributed by atoms with Crippen molar-refractivity contribution in [3.8, 4) is 0 Å². The molecule has 0 N–H and O–H groups in total. The van der Waals surface area contributed by atoms with Gasteiger partial charge in [0.1, 0.15) is 11.8 Å². The number of alkyl halides is 2. The largest absolute Gasteiger partial charge is 0.492 e. The van der Waals surface area contributed by atoms with Crippen LogP contribution in [-0.4, -0.2) is 19.7 Å². The van der Waals surface area contributed by atoms with Gasteiger partial charge in [0.25, 0.3) is 6.43 Å². The second-order valence-corrected chi connectivity index (χ2v) is 2.51. The van der Waals surface area contributed by atoms with Crippen LogP contribution in [0.4, 0.5) is 8.78 Å². The third-order valence-corrected chi connectivity index (χ3v) is 1.29. The summed E-state index contributed by atoms with van der Waals surface area (Å²) in [7, 11) is 0. The third-order valence-electron chi connectivity index (χ3n) is 1.04. The summed E-state index contributed by atoms with van der Waals surface area (Å²) in [5.74, 6) is 0.349. The van der Waals surface area contributed by atoms with Crippen molar-refractivity contribution in [1.82, 2.24) is 0 Å². The van der Waals surface area contributed by atoms with Crippen molar-refractivity contribution in [1.29, 1.82) is 0 Å². The highest BCUT2D eigenvalue weighted by atomic mass is 35.5. The monoisotopic (exact) mass is 209 g/mol. The minimum atomic E-state index is -2.47. The Morgan fingerprint density at radius 3 is 2.69 bits per heavy atom. The lowest BCUT2D eigenvalue weighted by molar-refractivity contribution is 0.0493. The van der Waals surface area contributed by atoms with Gasteiger partial charge in [-0.3, -0.25) is 4.99 Å². The molecule has 0 aliphatic heterocycles. The molecule has 74 valence electrons. The molecule has 0 aromatic carbocycles. The second-order valence-electron chi connectivity index (χ2n) is 2.13. The van der Waals surface area contributed by atoms with Crippen LogP contribution < -0.4 is 0 Å². The van der Waals surface area contributed by atoms with Gasteiger partial charge in [0.05, 0.1) is 5.76 Å². The smallest absolute Gasteiger partial charge is 0.272 e. The fourth-order valence-electron chi connectivity index (χ4n) is 0.481. The molecule has 13 heavy (non-hydrogen) atoms. The fraction of sp³-hybridized carbons (Fsp3) is 0.375. The number of ether oxygens (including phenoxy) is 1. The van der Waals surface area contributed by atoms with Crippen LogP contribution in [0.2, 0.25) is 0 Å². The molecule has 0 spiro atoms. The van der Waals surface area contributed by atoms with E-state index in [1.165, 1.54) is 12.2 Å². The molecule has 0 saturated carbocycles. The first-order chi connectivity index (χ1) is 6.06. The Labute approximate surface area is 80.6 Å². The molecule has 0 atom stereocenters. The minimum absolute atomic E-state index is 0.181. The SMILES string of the molecule is C=N/C(Cl)=C\C=C(/C)OCC(F)F. The lowest BCUT2D eigenvalue weighted by atomic mass is 10.4. The Hall–Kier alpha value is -0.900. The number of allylic oxidation sites excluding steroid dienone is 3. The number of rotatable bonds is 5. The predicted molar refractivity (Wildman–Crippen MR) is 49.2 cm³/mol. The van der Waals surface area contributed by atoms with Crippen LogP contribution in [0, 0.1) is 0 Å². The molecular weight excluding hydrogens is 200 g/mol. The first kappa shape index (κ1) is 12.1. The van der Waals surface area contributed by atoms with Crippen LogP contribution in [0.1, 0.15) is 6.92 Å². The van der Waals surface area contributed by atoms with Gasteiger partial charge in [0.15, 0.2) is 0 Å². The van der Waals surface area contributed by atoms with E-state index in [2.05, 4.69) is 16.4 Å².